The summed E-state index contributed by atoms with van der Waals surface area (Å²) in [6.07, 6.45) is 6.14. The summed E-state index contributed by atoms with van der Waals surface area (Å²) in [5.41, 5.74) is -0.0206. The van der Waals surface area contributed by atoms with Gasteiger partial charge in [-0.15, -0.1) is 0 Å². The maximum absolute atomic E-state index is 14.5. The maximum Gasteiger partial charge on any atom is 0.252 e. The van der Waals surface area contributed by atoms with Crippen LogP contribution in [0.1, 0.15) is 44.6 Å². The van der Waals surface area contributed by atoms with Crippen LogP contribution in [-0.4, -0.2) is 58.8 Å². The highest BCUT2D eigenvalue weighted by Gasteiger charge is 2.60. The van der Waals surface area contributed by atoms with Crippen LogP contribution >= 0.6 is 0 Å². The summed E-state index contributed by atoms with van der Waals surface area (Å²) in [6, 6.07) is 3.12. The van der Waals surface area contributed by atoms with E-state index in [0.29, 0.717) is 50.4 Å². The molecule has 1 aliphatic heterocycles. The van der Waals surface area contributed by atoms with Gasteiger partial charge in [0.25, 0.3) is 5.56 Å². The normalized spacial score (nSPS) is 27.0. The number of hydrogen-bond donors (Lipinski definition) is 1. The summed E-state index contributed by atoms with van der Waals surface area (Å²) in [5, 5.41) is 4.05. The van der Waals surface area contributed by atoms with Crippen molar-refractivity contribution in [3.05, 3.63) is 28.7 Å². The molecule has 162 valence electrons. The van der Waals surface area contributed by atoms with Crippen molar-refractivity contribution in [3.8, 4) is 0 Å². The second kappa shape index (κ2) is 6.98. The Kier molecular flexibility index (Phi) is 4.62. The van der Waals surface area contributed by atoms with Crippen LogP contribution in [0, 0.1) is 5.41 Å². The van der Waals surface area contributed by atoms with Crippen molar-refractivity contribution in [2.45, 2.75) is 56.8 Å². The van der Waals surface area contributed by atoms with Gasteiger partial charge in [-0.2, -0.15) is 4.98 Å². The van der Waals surface area contributed by atoms with Gasteiger partial charge in [0.2, 0.25) is 16.0 Å². The number of fused-ring (bicyclic) bond motifs is 1. The number of nitrogens with one attached hydrogen (secondary N) is 1. The number of halogens is 1. The molecule has 30 heavy (non-hydrogen) atoms. The Bertz CT molecular complexity index is 1140. The molecule has 0 bridgehead atoms. The first-order valence-electron chi connectivity index (χ1n) is 10.5. The Hall–Kier alpha value is -2.07. The minimum Gasteiger partial charge on any atom is -0.351 e. The predicted octanol–water partition coefficient (Wildman–Crippen LogP) is 2.08. The van der Waals surface area contributed by atoms with E-state index >= 15 is 0 Å². The van der Waals surface area contributed by atoms with Gasteiger partial charge in [-0.25, -0.2) is 22.1 Å². The number of sulfonamides is 1. The van der Waals surface area contributed by atoms with Crippen LogP contribution in [-0.2, 0) is 10.0 Å². The minimum absolute atomic E-state index is 0.0563. The highest BCUT2D eigenvalue weighted by Crippen LogP contribution is 2.64. The molecule has 3 aliphatic rings. The summed E-state index contributed by atoms with van der Waals surface area (Å²) in [7, 11) is -3.17. The standard InChI is InChI=1S/C20H26FN5O3S/c1-30(28,29)25-10-6-14(7-11-25)23-19-22-12-13-2-5-17(27)26(18(13)24-19)16-4-3-15(21)20(16)8-9-20/h2,5,12,14-16H,3-4,6-11H2,1H3,(H,22,23,24)/t15-,16-/m0/s1. The van der Waals surface area contributed by atoms with E-state index in [4.69, 9.17) is 0 Å². The first kappa shape index (κ1) is 19.9. The summed E-state index contributed by atoms with van der Waals surface area (Å²) in [4.78, 5) is 21.8. The van der Waals surface area contributed by atoms with Gasteiger partial charge in [-0.3, -0.25) is 9.36 Å². The molecule has 1 N–H and O–H groups in total. The van der Waals surface area contributed by atoms with E-state index in [2.05, 4.69) is 15.3 Å². The molecule has 0 radical (unpaired) electrons. The number of piperidine rings is 1. The van der Waals surface area contributed by atoms with Crippen LogP contribution in [0.15, 0.2) is 23.1 Å². The molecule has 0 unspecified atom stereocenters. The van der Waals surface area contributed by atoms with Crippen molar-refractivity contribution in [3.63, 3.8) is 0 Å². The Balaban J connectivity index is 1.43. The maximum atomic E-state index is 14.5. The van der Waals surface area contributed by atoms with E-state index in [1.165, 1.54) is 16.6 Å². The van der Waals surface area contributed by atoms with Crippen LogP contribution in [0.2, 0.25) is 0 Å². The van der Waals surface area contributed by atoms with Crippen molar-refractivity contribution in [2.24, 2.45) is 5.41 Å². The second-order valence-electron chi connectivity index (χ2n) is 8.89. The average Bonchev–Trinajstić information content (AvgIpc) is 3.44. The third-order valence-electron chi connectivity index (χ3n) is 7.04. The van der Waals surface area contributed by atoms with Gasteiger partial charge in [-0.05, 0) is 44.6 Å². The van der Waals surface area contributed by atoms with Crippen LogP contribution in [0.25, 0.3) is 11.0 Å². The second-order valence-corrected chi connectivity index (χ2v) is 10.9. The molecule has 2 aromatic rings. The van der Waals surface area contributed by atoms with E-state index < -0.39 is 21.6 Å². The fourth-order valence-electron chi connectivity index (χ4n) is 5.19. The van der Waals surface area contributed by atoms with E-state index in [9.17, 15) is 17.6 Å². The lowest BCUT2D eigenvalue weighted by Crippen LogP contribution is -2.42. The van der Waals surface area contributed by atoms with Crippen molar-refractivity contribution in [1.82, 2.24) is 18.8 Å². The van der Waals surface area contributed by atoms with E-state index in [1.54, 1.807) is 16.8 Å². The molecule has 3 heterocycles. The summed E-state index contributed by atoms with van der Waals surface area (Å²) >= 11 is 0. The molecule has 0 aromatic carbocycles. The zero-order chi connectivity index (χ0) is 21.1. The summed E-state index contributed by atoms with van der Waals surface area (Å²) in [6.45, 7) is 0.911. The van der Waals surface area contributed by atoms with E-state index in [1.807, 2.05) is 0 Å². The fourth-order valence-corrected chi connectivity index (χ4v) is 6.06. The molecule has 1 spiro atoms. The predicted molar refractivity (Wildman–Crippen MR) is 112 cm³/mol. The molecular formula is C20H26FN5O3S. The van der Waals surface area contributed by atoms with Crippen molar-refractivity contribution in [1.29, 1.82) is 0 Å². The van der Waals surface area contributed by atoms with E-state index in [0.717, 1.165) is 18.2 Å². The largest absolute Gasteiger partial charge is 0.351 e. The van der Waals surface area contributed by atoms with Crippen molar-refractivity contribution >= 4 is 27.0 Å². The zero-order valence-corrected chi connectivity index (χ0v) is 17.7. The topological polar surface area (TPSA) is 97.2 Å². The Morgan fingerprint density at radius 2 is 1.90 bits per heavy atom. The summed E-state index contributed by atoms with van der Waals surface area (Å²) in [5.74, 6) is 0.416. The molecule has 10 heteroatoms. The molecule has 3 fully saturated rings. The number of rotatable bonds is 4. The third kappa shape index (κ3) is 3.30. The molecular weight excluding hydrogens is 409 g/mol. The SMILES string of the molecule is CS(=O)(=O)N1CCC(Nc2ncc3ccc(=O)n([C@H]4CC[C@H](F)C45CC5)c3n2)CC1. The van der Waals surface area contributed by atoms with Gasteiger partial charge in [0.05, 0.1) is 6.26 Å². The zero-order valence-electron chi connectivity index (χ0n) is 16.9. The Morgan fingerprint density at radius 1 is 1.17 bits per heavy atom. The van der Waals surface area contributed by atoms with Crippen LogP contribution in [0.4, 0.5) is 10.3 Å². The monoisotopic (exact) mass is 435 g/mol. The lowest BCUT2D eigenvalue weighted by molar-refractivity contribution is 0.208. The van der Waals surface area contributed by atoms with Crippen molar-refractivity contribution in [2.75, 3.05) is 24.7 Å². The fraction of sp³-hybridized carbons (Fsp3) is 0.650. The van der Waals surface area contributed by atoms with Crippen molar-refractivity contribution < 1.29 is 12.8 Å². The number of alkyl halides is 1. The first-order valence-corrected chi connectivity index (χ1v) is 12.4. The molecule has 5 rings (SSSR count). The van der Waals surface area contributed by atoms with E-state index in [-0.39, 0.29) is 17.6 Å². The first-order chi connectivity index (χ1) is 14.3. The lowest BCUT2D eigenvalue weighted by Gasteiger charge is -2.30. The molecule has 2 atom stereocenters. The molecule has 2 saturated carbocycles. The average molecular weight is 436 g/mol. The lowest BCUT2D eigenvalue weighted by atomic mass is 9.98. The molecule has 1 saturated heterocycles. The number of aromatic nitrogens is 3. The van der Waals surface area contributed by atoms with Gasteiger partial charge < -0.3 is 5.32 Å². The smallest absolute Gasteiger partial charge is 0.252 e. The van der Waals surface area contributed by atoms with Gasteiger partial charge in [0.15, 0.2) is 0 Å². The van der Waals surface area contributed by atoms with Crippen LogP contribution in [0.5, 0.6) is 0 Å². The number of hydrogen-bond acceptors (Lipinski definition) is 6. The third-order valence-corrected chi connectivity index (χ3v) is 8.35. The highest BCUT2D eigenvalue weighted by molar-refractivity contribution is 7.88. The van der Waals surface area contributed by atoms with Crippen LogP contribution in [0.3, 0.4) is 0 Å². The minimum atomic E-state index is -3.17. The van der Waals surface area contributed by atoms with Crippen LogP contribution < -0.4 is 10.9 Å². The summed E-state index contributed by atoms with van der Waals surface area (Å²) < 4.78 is 41.1. The van der Waals surface area contributed by atoms with Gasteiger partial charge in [0.1, 0.15) is 11.8 Å². The number of pyridine rings is 1. The quantitative estimate of drug-likeness (QED) is 0.790. The number of anilines is 1. The Labute approximate surface area is 174 Å². The molecule has 0 amide bonds. The Morgan fingerprint density at radius 3 is 2.57 bits per heavy atom. The molecule has 8 nitrogen and oxygen atoms in total. The number of nitrogens with zero attached hydrogens (tertiary/aromatic N) is 4. The highest BCUT2D eigenvalue weighted by atomic mass is 32.2. The molecule has 2 aromatic heterocycles. The van der Waals surface area contributed by atoms with Gasteiger partial charge in [-0.1, -0.05) is 0 Å². The van der Waals surface area contributed by atoms with Gasteiger partial charge in [0, 0.05) is 48.2 Å². The van der Waals surface area contributed by atoms with Gasteiger partial charge >= 0.3 is 0 Å². The molecule has 2 aliphatic carbocycles.